The molecule has 1 unspecified atom stereocenters. The molecule has 0 spiro atoms. The molecule has 0 aliphatic heterocycles. The van der Waals surface area contributed by atoms with Crippen molar-refractivity contribution in [2.45, 2.75) is 45.1 Å². The van der Waals surface area contributed by atoms with Gasteiger partial charge in [0.2, 0.25) is 0 Å². The molecule has 0 heterocycles. The highest BCUT2D eigenvalue weighted by Crippen LogP contribution is 2.21. The Kier molecular flexibility index (Phi) is 5.22. The van der Waals surface area contributed by atoms with Gasteiger partial charge in [-0.15, -0.1) is 6.58 Å². The molecule has 1 nitrogen and oxygen atoms in total. The van der Waals surface area contributed by atoms with E-state index in [0.717, 1.165) is 12.8 Å². The monoisotopic (exact) mass is 156 g/mol. The van der Waals surface area contributed by atoms with Gasteiger partial charge in [-0.05, 0) is 19.8 Å². The van der Waals surface area contributed by atoms with Gasteiger partial charge in [0, 0.05) is 7.11 Å². The molecule has 0 rings (SSSR count). The molecule has 11 heavy (non-hydrogen) atoms. The summed E-state index contributed by atoms with van der Waals surface area (Å²) in [4.78, 5) is 0. The van der Waals surface area contributed by atoms with Gasteiger partial charge < -0.3 is 4.74 Å². The van der Waals surface area contributed by atoms with Crippen LogP contribution < -0.4 is 0 Å². The number of rotatable bonds is 6. The first-order chi connectivity index (χ1) is 5.18. The quantitative estimate of drug-likeness (QED) is 0.537. The van der Waals surface area contributed by atoms with Gasteiger partial charge in [-0.3, -0.25) is 0 Å². The van der Waals surface area contributed by atoms with Crippen molar-refractivity contribution < 1.29 is 4.74 Å². The lowest BCUT2D eigenvalue weighted by Crippen LogP contribution is -2.26. The van der Waals surface area contributed by atoms with Gasteiger partial charge in [0.05, 0.1) is 5.60 Å². The number of unbranched alkanes of at least 4 members (excludes halogenated alkanes) is 1. The van der Waals surface area contributed by atoms with Crippen molar-refractivity contribution in [1.82, 2.24) is 0 Å². The zero-order valence-corrected chi connectivity index (χ0v) is 8.02. The predicted molar refractivity (Wildman–Crippen MR) is 49.8 cm³/mol. The summed E-state index contributed by atoms with van der Waals surface area (Å²) >= 11 is 0. The van der Waals surface area contributed by atoms with E-state index in [9.17, 15) is 0 Å². The maximum absolute atomic E-state index is 5.41. The highest BCUT2D eigenvalue weighted by atomic mass is 16.5. The predicted octanol–water partition coefficient (Wildman–Crippen LogP) is 3.16. The van der Waals surface area contributed by atoms with Crippen LogP contribution in [0, 0.1) is 0 Å². The molecule has 0 saturated carbocycles. The Labute approximate surface area is 70.4 Å². The second-order valence-electron chi connectivity index (χ2n) is 3.25. The van der Waals surface area contributed by atoms with Crippen LogP contribution in [0.2, 0.25) is 0 Å². The van der Waals surface area contributed by atoms with Crippen LogP contribution in [-0.4, -0.2) is 12.7 Å². The second kappa shape index (κ2) is 5.36. The summed E-state index contributed by atoms with van der Waals surface area (Å²) in [7, 11) is 1.78. The standard InChI is InChI=1S/C10H20O/c1-5-7-9-10(3,11-4)8-6-2/h6H,2,5,7-9H2,1,3-4H3. The van der Waals surface area contributed by atoms with E-state index in [4.69, 9.17) is 4.74 Å². The van der Waals surface area contributed by atoms with Crippen LogP contribution in [-0.2, 0) is 4.74 Å². The minimum atomic E-state index is 0.0256. The van der Waals surface area contributed by atoms with Crippen molar-refractivity contribution in [2.75, 3.05) is 7.11 Å². The Hall–Kier alpha value is -0.300. The van der Waals surface area contributed by atoms with E-state index in [-0.39, 0.29) is 5.60 Å². The third-order valence-electron chi connectivity index (χ3n) is 2.13. The molecule has 0 saturated heterocycles. The molecule has 0 bridgehead atoms. The van der Waals surface area contributed by atoms with Crippen LogP contribution in [0.3, 0.4) is 0 Å². The van der Waals surface area contributed by atoms with Crippen LogP contribution in [0.1, 0.15) is 39.5 Å². The molecule has 1 heteroatoms. The topological polar surface area (TPSA) is 9.23 Å². The molecule has 0 aromatic rings. The lowest BCUT2D eigenvalue weighted by molar-refractivity contribution is -0.000130. The first-order valence-electron chi connectivity index (χ1n) is 4.34. The van der Waals surface area contributed by atoms with Gasteiger partial charge in [-0.25, -0.2) is 0 Å². The third kappa shape index (κ3) is 4.20. The van der Waals surface area contributed by atoms with Crippen LogP contribution in [0.15, 0.2) is 12.7 Å². The van der Waals surface area contributed by atoms with Gasteiger partial charge >= 0.3 is 0 Å². The minimum absolute atomic E-state index is 0.0256. The fourth-order valence-corrected chi connectivity index (χ4v) is 1.14. The summed E-state index contributed by atoms with van der Waals surface area (Å²) in [5.41, 5.74) is 0.0256. The Morgan fingerprint density at radius 3 is 2.55 bits per heavy atom. The molecular formula is C10H20O. The van der Waals surface area contributed by atoms with E-state index in [1.165, 1.54) is 12.8 Å². The first kappa shape index (κ1) is 10.7. The smallest absolute Gasteiger partial charge is 0.0684 e. The molecule has 0 amide bonds. The average molecular weight is 156 g/mol. The fourth-order valence-electron chi connectivity index (χ4n) is 1.14. The van der Waals surface area contributed by atoms with E-state index < -0.39 is 0 Å². The number of hydrogen-bond donors (Lipinski definition) is 0. The summed E-state index contributed by atoms with van der Waals surface area (Å²) in [6.07, 6.45) is 6.48. The van der Waals surface area contributed by atoms with E-state index in [1.807, 2.05) is 6.08 Å². The zero-order valence-electron chi connectivity index (χ0n) is 8.02. The SMILES string of the molecule is C=CCC(C)(CCCC)OC. The Morgan fingerprint density at radius 2 is 2.18 bits per heavy atom. The summed E-state index contributed by atoms with van der Waals surface area (Å²) in [5.74, 6) is 0. The highest BCUT2D eigenvalue weighted by Gasteiger charge is 2.20. The third-order valence-corrected chi connectivity index (χ3v) is 2.13. The fraction of sp³-hybridized carbons (Fsp3) is 0.800. The van der Waals surface area contributed by atoms with Crippen LogP contribution in [0.4, 0.5) is 0 Å². The lowest BCUT2D eigenvalue weighted by atomic mass is 9.95. The van der Waals surface area contributed by atoms with E-state index in [2.05, 4.69) is 20.4 Å². The van der Waals surface area contributed by atoms with Gasteiger partial charge in [-0.2, -0.15) is 0 Å². The van der Waals surface area contributed by atoms with Crippen molar-refractivity contribution in [2.24, 2.45) is 0 Å². The van der Waals surface area contributed by atoms with Crippen LogP contribution >= 0.6 is 0 Å². The van der Waals surface area contributed by atoms with Gasteiger partial charge in [0.15, 0.2) is 0 Å². The number of ether oxygens (including phenoxy) is 1. The van der Waals surface area contributed by atoms with Crippen molar-refractivity contribution in [3.8, 4) is 0 Å². The van der Waals surface area contributed by atoms with Gasteiger partial charge in [0.1, 0.15) is 0 Å². The molecule has 0 aliphatic rings. The highest BCUT2D eigenvalue weighted by molar-refractivity contribution is 4.83. The van der Waals surface area contributed by atoms with Crippen molar-refractivity contribution >= 4 is 0 Å². The van der Waals surface area contributed by atoms with E-state index >= 15 is 0 Å². The van der Waals surface area contributed by atoms with Gasteiger partial charge in [-0.1, -0.05) is 25.8 Å². The molecule has 0 aromatic heterocycles. The Balaban J connectivity index is 3.77. The number of hydrogen-bond acceptors (Lipinski definition) is 1. The first-order valence-corrected chi connectivity index (χ1v) is 4.34. The summed E-state index contributed by atoms with van der Waals surface area (Å²) in [6.45, 7) is 8.06. The summed E-state index contributed by atoms with van der Waals surface area (Å²) in [5, 5.41) is 0. The zero-order chi connectivity index (χ0) is 8.74. The number of methoxy groups -OCH3 is 1. The molecule has 66 valence electrons. The maximum Gasteiger partial charge on any atom is 0.0684 e. The molecule has 0 fully saturated rings. The molecule has 0 N–H and O–H groups in total. The molecular weight excluding hydrogens is 136 g/mol. The minimum Gasteiger partial charge on any atom is -0.378 e. The molecule has 0 radical (unpaired) electrons. The van der Waals surface area contributed by atoms with E-state index in [1.54, 1.807) is 7.11 Å². The van der Waals surface area contributed by atoms with E-state index in [0.29, 0.717) is 0 Å². The van der Waals surface area contributed by atoms with Crippen LogP contribution in [0.5, 0.6) is 0 Å². The van der Waals surface area contributed by atoms with Gasteiger partial charge in [0.25, 0.3) is 0 Å². The molecule has 0 aliphatic carbocycles. The Morgan fingerprint density at radius 1 is 1.55 bits per heavy atom. The summed E-state index contributed by atoms with van der Waals surface area (Å²) < 4.78 is 5.41. The van der Waals surface area contributed by atoms with Crippen molar-refractivity contribution in [1.29, 1.82) is 0 Å². The summed E-state index contributed by atoms with van der Waals surface area (Å²) in [6, 6.07) is 0. The molecule has 1 atom stereocenters. The largest absolute Gasteiger partial charge is 0.378 e. The normalized spacial score (nSPS) is 15.9. The second-order valence-corrected chi connectivity index (χ2v) is 3.25. The Bertz CT molecular complexity index is 109. The maximum atomic E-state index is 5.41. The lowest BCUT2D eigenvalue weighted by Gasteiger charge is -2.26. The molecule has 0 aromatic carbocycles. The van der Waals surface area contributed by atoms with Crippen molar-refractivity contribution in [3.05, 3.63) is 12.7 Å². The van der Waals surface area contributed by atoms with Crippen molar-refractivity contribution in [3.63, 3.8) is 0 Å². The van der Waals surface area contributed by atoms with Crippen LogP contribution in [0.25, 0.3) is 0 Å². The average Bonchev–Trinajstić information content (AvgIpc) is 2.02.